The van der Waals surface area contributed by atoms with E-state index in [0.29, 0.717) is 12.2 Å². The molecule has 2 amide bonds. The monoisotopic (exact) mass is 344 g/mol. The van der Waals surface area contributed by atoms with Gasteiger partial charge in [0.25, 0.3) is 5.91 Å². The number of benzene rings is 1. The van der Waals surface area contributed by atoms with Gasteiger partial charge in [0.2, 0.25) is 15.9 Å². The van der Waals surface area contributed by atoms with Crippen molar-refractivity contribution in [2.45, 2.75) is 18.9 Å². The van der Waals surface area contributed by atoms with Gasteiger partial charge in [0.1, 0.15) is 6.04 Å². The van der Waals surface area contributed by atoms with Crippen LogP contribution in [0.4, 0.5) is 0 Å². The SMILES string of the molecule is CSCC[C@@H](NC(=O)Cc1ccccc1)C(=O)NS(C)(=O)=O. The fourth-order valence-electron chi connectivity index (χ4n) is 1.78. The van der Waals surface area contributed by atoms with E-state index in [0.717, 1.165) is 11.8 Å². The third-order valence-corrected chi connectivity index (χ3v) is 3.97. The molecular formula is C14H20N2O4S2. The van der Waals surface area contributed by atoms with Crippen molar-refractivity contribution in [3.63, 3.8) is 0 Å². The molecule has 1 aromatic carbocycles. The van der Waals surface area contributed by atoms with Crippen LogP contribution < -0.4 is 10.0 Å². The van der Waals surface area contributed by atoms with Crippen LogP contribution in [0, 0.1) is 0 Å². The lowest BCUT2D eigenvalue weighted by Gasteiger charge is -2.17. The van der Waals surface area contributed by atoms with E-state index >= 15 is 0 Å². The van der Waals surface area contributed by atoms with Crippen LogP contribution in [0.5, 0.6) is 0 Å². The van der Waals surface area contributed by atoms with E-state index in [-0.39, 0.29) is 12.3 Å². The van der Waals surface area contributed by atoms with Crippen LogP contribution in [0.1, 0.15) is 12.0 Å². The number of thioether (sulfide) groups is 1. The average molecular weight is 344 g/mol. The highest BCUT2D eigenvalue weighted by atomic mass is 32.2. The van der Waals surface area contributed by atoms with Crippen molar-refractivity contribution in [2.24, 2.45) is 0 Å². The zero-order chi connectivity index (χ0) is 16.6. The Kier molecular flexibility index (Phi) is 7.40. The normalized spacial score (nSPS) is 12.5. The standard InChI is InChI=1S/C14H20N2O4S2/c1-21-9-8-12(14(18)16-22(2,19)20)15-13(17)10-11-6-4-3-5-7-11/h3-7,12H,8-10H2,1-2H3,(H,15,17)(H,16,18)/t12-/m1/s1. The fraction of sp³-hybridized carbons (Fsp3) is 0.429. The van der Waals surface area contributed by atoms with Gasteiger partial charge in [0.05, 0.1) is 12.7 Å². The number of carbonyl (C=O) groups is 2. The molecular weight excluding hydrogens is 324 g/mol. The quantitative estimate of drug-likeness (QED) is 0.718. The molecule has 0 fully saturated rings. The molecule has 0 saturated carbocycles. The molecule has 0 aliphatic heterocycles. The Morgan fingerprint density at radius 1 is 1.23 bits per heavy atom. The molecule has 1 rings (SSSR count). The van der Waals surface area contributed by atoms with Gasteiger partial charge in [-0.1, -0.05) is 30.3 Å². The summed E-state index contributed by atoms with van der Waals surface area (Å²) in [5, 5.41) is 2.59. The van der Waals surface area contributed by atoms with Crippen molar-refractivity contribution in [3.8, 4) is 0 Å². The molecule has 0 saturated heterocycles. The molecule has 8 heteroatoms. The van der Waals surface area contributed by atoms with Crippen LogP contribution in [-0.2, 0) is 26.0 Å². The lowest BCUT2D eigenvalue weighted by atomic mass is 10.1. The van der Waals surface area contributed by atoms with Crippen LogP contribution in [0.2, 0.25) is 0 Å². The van der Waals surface area contributed by atoms with E-state index in [1.54, 1.807) is 0 Å². The molecule has 1 atom stereocenters. The van der Waals surface area contributed by atoms with Gasteiger partial charge < -0.3 is 5.32 Å². The van der Waals surface area contributed by atoms with Crippen molar-refractivity contribution in [3.05, 3.63) is 35.9 Å². The van der Waals surface area contributed by atoms with Crippen LogP contribution in [0.3, 0.4) is 0 Å². The number of hydrogen-bond acceptors (Lipinski definition) is 5. The molecule has 122 valence electrons. The van der Waals surface area contributed by atoms with Crippen molar-refractivity contribution >= 4 is 33.6 Å². The molecule has 1 aromatic rings. The number of rotatable bonds is 8. The number of nitrogens with one attached hydrogen (secondary N) is 2. The van der Waals surface area contributed by atoms with Gasteiger partial charge in [0, 0.05) is 0 Å². The minimum atomic E-state index is -3.65. The van der Waals surface area contributed by atoms with Gasteiger partial charge in [0.15, 0.2) is 0 Å². The molecule has 0 aliphatic carbocycles. The first-order chi connectivity index (χ1) is 10.3. The second kappa shape index (κ2) is 8.79. The van der Waals surface area contributed by atoms with Crippen molar-refractivity contribution in [2.75, 3.05) is 18.3 Å². The Morgan fingerprint density at radius 3 is 2.41 bits per heavy atom. The van der Waals surface area contributed by atoms with Gasteiger partial charge in [-0.3, -0.25) is 14.3 Å². The van der Waals surface area contributed by atoms with Crippen LogP contribution in [0.25, 0.3) is 0 Å². The maximum absolute atomic E-state index is 12.0. The Labute approximate surface area is 135 Å². The molecule has 0 spiro atoms. The number of amides is 2. The second-order valence-electron chi connectivity index (χ2n) is 4.80. The molecule has 0 bridgehead atoms. The molecule has 2 N–H and O–H groups in total. The molecule has 0 heterocycles. The lowest BCUT2D eigenvalue weighted by molar-refractivity contribution is -0.127. The third kappa shape index (κ3) is 7.46. The topological polar surface area (TPSA) is 92.3 Å². The minimum absolute atomic E-state index is 0.142. The summed E-state index contributed by atoms with van der Waals surface area (Å²) in [5.41, 5.74) is 0.826. The Morgan fingerprint density at radius 2 is 1.86 bits per heavy atom. The zero-order valence-corrected chi connectivity index (χ0v) is 14.2. The highest BCUT2D eigenvalue weighted by Crippen LogP contribution is 2.04. The maximum Gasteiger partial charge on any atom is 0.256 e. The summed E-state index contributed by atoms with van der Waals surface area (Å²) in [7, 11) is -3.65. The van der Waals surface area contributed by atoms with Crippen LogP contribution >= 0.6 is 11.8 Å². The van der Waals surface area contributed by atoms with E-state index in [4.69, 9.17) is 0 Å². The molecule has 0 aliphatic rings. The smallest absolute Gasteiger partial charge is 0.256 e. The van der Waals surface area contributed by atoms with Gasteiger partial charge in [-0.15, -0.1) is 0 Å². The molecule has 0 aromatic heterocycles. The average Bonchev–Trinajstić information content (AvgIpc) is 2.42. The Hall–Kier alpha value is -1.54. The summed E-state index contributed by atoms with van der Waals surface area (Å²) in [5.74, 6) is -0.396. The minimum Gasteiger partial charge on any atom is -0.344 e. The molecule has 6 nitrogen and oxygen atoms in total. The Balaban J connectivity index is 2.67. The van der Waals surface area contributed by atoms with E-state index in [2.05, 4.69) is 5.32 Å². The van der Waals surface area contributed by atoms with Crippen LogP contribution in [0.15, 0.2) is 30.3 Å². The molecule has 0 radical (unpaired) electrons. The van der Waals surface area contributed by atoms with Crippen LogP contribution in [-0.4, -0.2) is 44.5 Å². The Bertz CT molecular complexity index is 603. The summed E-state index contributed by atoms with van der Waals surface area (Å²) < 4.78 is 24.2. The van der Waals surface area contributed by atoms with Crippen molar-refractivity contribution in [1.29, 1.82) is 0 Å². The largest absolute Gasteiger partial charge is 0.344 e. The maximum atomic E-state index is 12.0. The lowest BCUT2D eigenvalue weighted by Crippen LogP contribution is -2.48. The highest BCUT2D eigenvalue weighted by molar-refractivity contribution is 7.98. The summed E-state index contributed by atoms with van der Waals surface area (Å²) in [6, 6.07) is 8.26. The number of sulfonamides is 1. The highest BCUT2D eigenvalue weighted by Gasteiger charge is 2.22. The first-order valence-corrected chi connectivity index (χ1v) is 9.94. The van der Waals surface area contributed by atoms with Gasteiger partial charge in [-0.2, -0.15) is 11.8 Å². The van der Waals surface area contributed by atoms with Crippen molar-refractivity contribution < 1.29 is 18.0 Å². The van der Waals surface area contributed by atoms with E-state index in [1.807, 2.05) is 41.3 Å². The summed E-state index contributed by atoms with van der Waals surface area (Å²) in [4.78, 5) is 23.9. The first kappa shape index (κ1) is 18.5. The summed E-state index contributed by atoms with van der Waals surface area (Å²) >= 11 is 1.52. The number of hydrogen-bond donors (Lipinski definition) is 2. The predicted octanol–water partition coefficient (Wildman–Crippen LogP) is 0.543. The van der Waals surface area contributed by atoms with E-state index in [1.165, 1.54) is 11.8 Å². The number of carbonyl (C=O) groups excluding carboxylic acids is 2. The molecule has 0 unspecified atom stereocenters. The first-order valence-electron chi connectivity index (χ1n) is 6.65. The third-order valence-electron chi connectivity index (χ3n) is 2.76. The summed E-state index contributed by atoms with van der Waals surface area (Å²) in [6.07, 6.45) is 3.28. The van der Waals surface area contributed by atoms with Gasteiger partial charge >= 0.3 is 0 Å². The summed E-state index contributed by atoms with van der Waals surface area (Å²) in [6.45, 7) is 0. The van der Waals surface area contributed by atoms with Gasteiger partial charge in [-0.25, -0.2) is 8.42 Å². The van der Waals surface area contributed by atoms with Gasteiger partial charge in [-0.05, 0) is 24.0 Å². The van der Waals surface area contributed by atoms with E-state index in [9.17, 15) is 18.0 Å². The van der Waals surface area contributed by atoms with E-state index < -0.39 is 22.0 Å². The van der Waals surface area contributed by atoms with Crippen molar-refractivity contribution in [1.82, 2.24) is 10.0 Å². The second-order valence-corrected chi connectivity index (χ2v) is 7.54. The predicted molar refractivity (Wildman–Crippen MR) is 88.1 cm³/mol. The molecule has 22 heavy (non-hydrogen) atoms. The fourth-order valence-corrected chi connectivity index (χ4v) is 2.76. The zero-order valence-electron chi connectivity index (χ0n) is 12.5.